The first kappa shape index (κ1) is 10.5. The zero-order valence-electron chi connectivity index (χ0n) is 8.24. The van der Waals surface area contributed by atoms with Gasteiger partial charge in [-0.1, -0.05) is 34.1 Å². The molecule has 0 saturated heterocycles. The lowest BCUT2D eigenvalue weighted by Crippen LogP contribution is -2.12. The third kappa shape index (κ3) is 2.94. The second-order valence-corrected chi connectivity index (χ2v) is 4.18. The van der Waals surface area contributed by atoms with Crippen LogP contribution in [0.1, 0.15) is 11.1 Å². The summed E-state index contributed by atoms with van der Waals surface area (Å²) in [4.78, 5) is 0. The number of rotatable bonds is 4. The lowest BCUT2D eigenvalue weighted by molar-refractivity contribution is 0.560. The van der Waals surface area contributed by atoms with Crippen LogP contribution in [-0.2, 0) is 13.1 Å². The SMILES string of the molecule is Brc1ccccc1CNCc1ccoc1. The molecule has 0 aliphatic rings. The number of hydrogen-bond acceptors (Lipinski definition) is 2. The lowest BCUT2D eigenvalue weighted by atomic mass is 10.2. The van der Waals surface area contributed by atoms with Gasteiger partial charge in [-0.25, -0.2) is 0 Å². The van der Waals surface area contributed by atoms with Crippen LogP contribution in [0.5, 0.6) is 0 Å². The first-order valence-corrected chi connectivity index (χ1v) is 5.61. The number of nitrogens with one attached hydrogen (secondary N) is 1. The monoisotopic (exact) mass is 265 g/mol. The van der Waals surface area contributed by atoms with Gasteiger partial charge in [0.1, 0.15) is 0 Å². The summed E-state index contributed by atoms with van der Waals surface area (Å²) in [6.45, 7) is 1.68. The van der Waals surface area contributed by atoms with Crippen LogP contribution in [0.3, 0.4) is 0 Å². The molecule has 0 unspecified atom stereocenters. The van der Waals surface area contributed by atoms with Gasteiger partial charge in [0.05, 0.1) is 12.5 Å². The Morgan fingerprint density at radius 1 is 1.13 bits per heavy atom. The van der Waals surface area contributed by atoms with Gasteiger partial charge in [-0.05, 0) is 17.7 Å². The highest BCUT2D eigenvalue weighted by Gasteiger charge is 1.98. The lowest BCUT2D eigenvalue weighted by Gasteiger charge is -2.05. The zero-order valence-corrected chi connectivity index (χ0v) is 9.83. The van der Waals surface area contributed by atoms with Crippen molar-refractivity contribution in [2.24, 2.45) is 0 Å². The van der Waals surface area contributed by atoms with E-state index >= 15 is 0 Å². The van der Waals surface area contributed by atoms with Crippen molar-refractivity contribution in [2.45, 2.75) is 13.1 Å². The summed E-state index contributed by atoms with van der Waals surface area (Å²) in [6.07, 6.45) is 3.45. The molecular weight excluding hydrogens is 254 g/mol. The maximum atomic E-state index is 4.99. The summed E-state index contributed by atoms with van der Waals surface area (Å²) in [5, 5.41) is 3.35. The van der Waals surface area contributed by atoms with E-state index < -0.39 is 0 Å². The van der Waals surface area contributed by atoms with Gasteiger partial charge in [0.25, 0.3) is 0 Å². The molecular formula is C12H12BrNO. The van der Waals surface area contributed by atoms with Crippen molar-refractivity contribution in [1.29, 1.82) is 0 Å². The summed E-state index contributed by atoms with van der Waals surface area (Å²) >= 11 is 3.52. The molecule has 0 saturated carbocycles. The second-order valence-electron chi connectivity index (χ2n) is 3.33. The number of halogens is 1. The van der Waals surface area contributed by atoms with Crippen LogP contribution in [-0.4, -0.2) is 0 Å². The number of hydrogen-bond donors (Lipinski definition) is 1. The molecule has 2 nitrogen and oxygen atoms in total. The average Bonchev–Trinajstić information content (AvgIpc) is 2.74. The van der Waals surface area contributed by atoms with E-state index in [2.05, 4.69) is 33.4 Å². The molecule has 0 radical (unpaired) electrons. The smallest absolute Gasteiger partial charge is 0.0947 e. The van der Waals surface area contributed by atoms with Crippen molar-refractivity contribution in [3.8, 4) is 0 Å². The second kappa shape index (κ2) is 5.14. The maximum Gasteiger partial charge on any atom is 0.0947 e. The van der Waals surface area contributed by atoms with Gasteiger partial charge < -0.3 is 9.73 Å². The van der Waals surface area contributed by atoms with Crippen LogP contribution in [0.15, 0.2) is 51.7 Å². The Kier molecular flexibility index (Phi) is 3.59. The molecule has 0 aliphatic carbocycles. The Labute approximate surface area is 97.4 Å². The van der Waals surface area contributed by atoms with Crippen LogP contribution in [0, 0.1) is 0 Å². The van der Waals surface area contributed by atoms with E-state index in [-0.39, 0.29) is 0 Å². The van der Waals surface area contributed by atoms with Crippen LogP contribution in [0.2, 0.25) is 0 Å². The van der Waals surface area contributed by atoms with Crippen LogP contribution in [0.25, 0.3) is 0 Å². The summed E-state index contributed by atoms with van der Waals surface area (Å²) in [7, 11) is 0. The van der Waals surface area contributed by atoms with E-state index in [1.165, 1.54) is 11.1 Å². The van der Waals surface area contributed by atoms with Crippen LogP contribution in [0.4, 0.5) is 0 Å². The molecule has 1 aromatic heterocycles. The average molecular weight is 266 g/mol. The van der Waals surface area contributed by atoms with Crippen molar-refractivity contribution in [3.05, 3.63) is 58.5 Å². The Hall–Kier alpha value is -1.06. The first-order valence-electron chi connectivity index (χ1n) is 4.81. The molecule has 1 heterocycles. The first-order chi connectivity index (χ1) is 7.36. The summed E-state index contributed by atoms with van der Waals surface area (Å²) in [5.74, 6) is 0. The van der Waals surface area contributed by atoms with Gasteiger partial charge in [0.15, 0.2) is 0 Å². The molecule has 0 fully saturated rings. The molecule has 0 atom stereocenters. The van der Waals surface area contributed by atoms with Crippen molar-refractivity contribution >= 4 is 15.9 Å². The standard InChI is InChI=1S/C12H12BrNO/c13-12-4-2-1-3-11(12)8-14-7-10-5-6-15-9-10/h1-6,9,14H,7-8H2. The maximum absolute atomic E-state index is 4.99. The van der Waals surface area contributed by atoms with Crippen molar-refractivity contribution < 1.29 is 4.42 Å². The van der Waals surface area contributed by atoms with Crippen molar-refractivity contribution in [1.82, 2.24) is 5.32 Å². The molecule has 15 heavy (non-hydrogen) atoms. The molecule has 2 aromatic rings. The highest BCUT2D eigenvalue weighted by molar-refractivity contribution is 9.10. The van der Waals surface area contributed by atoms with Crippen LogP contribution >= 0.6 is 15.9 Å². The minimum Gasteiger partial charge on any atom is -0.472 e. The van der Waals surface area contributed by atoms with Crippen molar-refractivity contribution in [3.63, 3.8) is 0 Å². The molecule has 0 aliphatic heterocycles. The predicted molar refractivity (Wildman–Crippen MR) is 63.4 cm³/mol. The Balaban J connectivity index is 1.86. The molecule has 3 heteroatoms. The third-order valence-electron chi connectivity index (χ3n) is 2.18. The fourth-order valence-electron chi connectivity index (χ4n) is 1.38. The zero-order chi connectivity index (χ0) is 10.5. The normalized spacial score (nSPS) is 10.5. The van der Waals surface area contributed by atoms with E-state index in [1.807, 2.05) is 18.2 Å². The van der Waals surface area contributed by atoms with Crippen molar-refractivity contribution in [2.75, 3.05) is 0 Å². The number of furan rings is 1. The molecule has 1 N–H and O–H groups in total. The van der Waals surface area contributed by atoms with Gasteiger partial charge in [0, 0.05) is 23.1 Å². The minimum atomic E-state index is 0.831. The molecule has 1 aromatic carbocycles. The Bertz CT molecular complexity index is 411. The quantitative estimate of drug-likeness (QED) is 0.918. The molecule has 0 spiro atoms. The predicted octanol–water partition coefficient (Wildman–Crippen LogP) is 3.33. The van der Waals surface area contributed by atoms with E-state index in [9.17, 15) is 0 Å². The summed E-state index contributed by atoms with van der Waals surface area (Å²) < 4.78 is 6.13. The minimum absolute atomic E-state index is 0.831. The van der Waals surface area contributed by atoms with Gasteiger partial charge in [-0.15, -0.1) is 0 Å². The van der Waals surface area contributed by atoms with E-state index in [0.29, 0.717) is 0 Å². The van der Waals surface area contributed by atoms with Gasteiger partial charge >= 0.3 is 0 Å². The van der Waals surface area contributed by atoms with E-state index in [1.54, 1.807) is 12.5 Å². The van der Waals surface area contributed by atoms with E-state index in [0.717, 1.165) is 17.6 Å². The molecule has 78 valence electrons. The van der Waals surface area contributed by atoms with Gasteiger partial charge in [-0.3, -0.25) is 0 Å². The van der Waals surface area contributed by atoms with E-state index in [4.69, 9.17) is 4.42 Å². The fourth-order valence-corrected chi connectivity index (χ4v) is 1.80. The highest BCUT2D eigenvalue weighted by atomic mass is 79.9. The highest BCUT2D eigenvalue weighted by Crippen LogP contribution is 2.15. The number of benzene rings is 1. The third-order valence-corrected chi connectivity index (χ3v) is 2.96. The summed E-state index contributed by atoms with van der Waals surface area (Å²) in [6, 6.07) is 10.2. The van der Waals surface area contributed by atoms with Gasteiger partial charge in [-0.2, -0.15) is 0 Å². The Morgan fingerprint density at radius 3 is 2.73 bits per heavy atom. The summed E-state index contributed by atoms with van der Waals surface area (Å²) in [5.41, 5.74) is 2.43. The molecule has 2 rings (SSSR count). The fraction of sp³-hybridized carbons (Fsp3) is 0.167. The van der Waals surface area contributed by atoms with Crippen LogP contribution < -0.4 is 5.32 Å². The molecule has 0 bridgehead atoms. The topological polar surface area (TPSA) is 25.2 Å². The van der Waals surface area contributed by atoms with Gasteiger partial charge in [0.2, 0.25) is 0 Å². The Morgan fingerprint density at radius 2 is 2.00 bits per heavy atom. The largest absolute Gasteiger partial charge is 0.472 e. The molecule has 0 amide bonds.